The molecule has 0 spiro atoms. The van der Waals surface area contributed by atoms with Gasteiger partial charge in [-0.25, -0.2) is 14.8 Å². The molecule has 4 rings (SSSR count). The number of anilines is 1. The quantitative estimate of drug-likeness (QED) is 0.510. The van der Waals surface area contributed by atoms with Gasteiger partial charge in [0, 0.05) is 13.2 Å². The normalized spacial score (nSPS) is 10.8. The predicted molar refractivity (Wildman–Crippen MR) is 100 cm³/mol. The number of rotatable bonds is 6. The predicted octanol–water partition coefficient (Wildman–Crippen LogP) is 2.79. The number of methoxy groups -OCH3 is 1. The largest absolute Gasteiger partial charge is 0.497 e. The monoisotopic (exact) mass is 379 g/mol. The molecule has 3 heterocycles. The Morgan fingerprint density at radius 2 is 2.07 bits per heavy atom. The lowest BCUT2D eigenvalue weighted by Crippen LogP contribution is -2.11. The summed E-state index contributed by atoms with van der Waals surface area (Å²) >= 11 is 0. The van der Waals surface area contributed by atoms with Gasteiger partial charge in [0.2, 0.25) is 11.8 Å². The number of fused-ring (bicyclic) bond motifs is 1. The van der Waals surface area contributed by atoms with Gasteiger partial charge in [-0.2, -0.15) is 4.52 Å². The first-order chi connectivity index (χ1) is 13.7. The van der Waals surface area contributed by atoms with Crippen molar-refractivity contribution in [2.24, 2.45) is 0 Å². The highest BCUT2D eigenvalue weighted by Gasteiger charge is 2.20. The van der Waals surface area contributed by atoms with Crippen molar-refractivity contribution in [1.82, 2.24) is 19.6 Å². The number of hydrogen-bond acceptors (Lipinski definition) is 8. The minimum Gasteiger partial charge on any atom is -0.497 e. The van der Waals surface area contributed by atoms with E-state index in [4.69, 9.17) is 13.9 Å². The van der Waals surface area contributed by atoms with Crippen LogP contribution in [0.25, 0.3) is 17.2 Å². The third-order valence-corrected chi connectivity index (χ3v) is 4.08. The highest BCUT2D eigenvalue weighted by Crippen LogP contribution is 2.21. The molecule has 0 unspecified atom stereocenters. The molecular formula is C19H17N5O4. The highest BCUT2D eigenvalue weighted by atomic mass is 16.5. The van der Waals surface area contributed by atoms with Gasteiger partial charge < -0.3 is 19.2 Å². The Labute approximate surface area is 159 Å². The van der Waals surface area contributed by atoms with Crippen LogP contribution in [0.3, 0.4) is 0 Å². The van der Waals surface area contributed by atoms with Gasteiger partial charge in [0.1, 0.15) is 17.9 Å². The molecule has 4 aromatic rings. The fourth-order valence-electron chi connectivity index (χ4n) is 2.65. The average molecular weight is 379 g/mol. The van der Waals surface area contributed by atoms with Crippen molar-refractivity contribution < 1.29 is 18.7 Å². The Morgan fingerprint density at radius 3 is 2.75 bits per heavy atom. The van der Waals surface area contributed by atoms with Gasteiger partial charge in [0.15, 0.2) is 11.4 Å². The van der Waals surface area contributed by atoms with Crippen LogP contribution in [0.1, 0.15) is 15.9 Å². The summed E-state index contributed by atoms with van der Waals surface area (Å²) in [5.41, 5.74) is 1.37. The third kappa shape index (κ3) is 3.25. The first-order valence-electron chi connectivity index (χ1n) is 8.47. The zero-order valence-corrected chi connectivity index (χ0v) is 15.2. The number of hydrogen-bond donors (Lipinski definition) is 1. The molecule has 0 aliphatic carbocycles. The maximum absolute atomic E-state index is 12.6. The Bertz CT molecular complexity index is 1100. The number of esters is 1. The highest BCUT2D eigenvalue weighted by molar-refractivity contribution is 5.96. The van der Waals surface area contributed by atoms with Gasteiger partial charge in [-0.1, -0.05) is 12.1 Å². The molecule has 0 saturated heterocycles. The molecule has 0 aliphatic rings. The maximum Gasteiger partial charge on any atom is 0.343 e. The number of benzene rings is 1. The third-order valence-electron chi connectivity index (χ3n) is 4.08. The summed E-state index contributed by atoms with van der Waals surface area (Å²) in [6.07, 6.45) is 2.94. The zero-order valence-electron chi connectivity index (χ0n) is 15.2. The van der Waals surface area contributed by atoms with Gasteiger partial charge in [-0.3, -0.25) is 0 Å². The Morgan fingerprint density at radius 1 is 1.25 bits per heavy atom. The molecule has 9 nitrogen and oxygen atoms in total. The van der Waals surface area contributed by atoms with Gasteiger partial charge in [-0.05, 0) is 29.8 Å². The molecule has 3 aromatic heterocycles. The molecule has 0 amide bonds. The molecular weight excluding hydrogens is 362 g/mol. The number of nitrogens with one attached hydrogen (secondary N) is 1. The summed E-state index contributed by atoms with van der Waals surface area (Å²) in [5, 5.41) is 7.29. The number of aromatic nitrogens is 4. The van der Waals surface area contributed by atoms with Gasteiger partial charge in [0.25, 0.3) is 0 Å². The lowest BCUT2D eigenvalue weighted by Gasteiger charge is -2.08. The van der Waals surface area contributed by atoms with E-state index < -0.39 is 5.97 Å². The van der Waals surface area contributed by atoms with Crippen molar-refractivity contribution in [2.45, 2.75) is 6.61 Å². The molecule has 0 aliphatic heterocycles. The number of carbonyl (C=O) groups is 1. The number of furan rings is 1. The number of carbonyl (C=O) groups excluding carboxylic acids is 1. The topological polar surface area (TPSA) is 104 Å². The molecule has 0 radical (unpaired) electrons. The van der Waals surface area contributed by atoms with Crippen molar-refractivity contribution in [3.63, 3.8) is 0 Å². The first-order valence-corrected chi connectivity index (χ1v) is 8.47. The second kappa shape index (κ2) is 7.39. The van der Waals surface area contributed by atoms with Crippen molar-refractivity contribution >= 4 is 17.6 Å². The number of nitrogens with zero attached hydrogens (tertiary/aromatic N) is 4. The van der Waals surface area contributed by atoms with Gasteiger partial charge >= 0.3 is 5.97 Å². The van der Waals surface area contributed by atoms with E-state index in [0.29, 0.717) is 23.2 Å². The van der Waals surface area contributed by atoms with Crippen LogP contribution in [0.5, 0.6) is 5.75 Å². The van der Waals surface area contributed by atoms with E-state index in [1.807, 2.05) is 12.1 Å². The van der Waals surface area contributed by atoms with E-state index in [1.54, 1.807) is 38.4 Å². The summed E-state index contributed by atoms with van der Waals surface area (Å²) in [6, 6.07) is 10.7. The van der Waals surface area contributed by atoms with Crippen LogP contribution >= 0.6 is 0 Å². The molecule has 142 valence electrons. The van der Waals surface area contributed by atoms with Crippen molar-refractivity contribution in [2.75, 3.05) is 19.5 Å². The van der Waals surface area contributed by atoms with E-state index in [2.05, 4.69) is 20.4 Å². The van der Waals surface area contributed by atoms with Crippen LogP contribution in [0, 0.1) is 0 Å². The van der Waals surface area contributed by atoms with Crippen LogP contribution in [-0.2, 0) is 11.3 Å². The number of ether oxygens (including phenoxy) is 2. The first kappa shape index (κ1) is 17.5. The summed E-state index contributed by atoms with van der Waals surface area (Å²) in [5.74, 6) is 1.46. The maximum atomic E-state index is 12.6. The SMILES string of the molecule is CNc1ncc(C(=O)OCc2ccc(OC)cc2)c2nc(-c3ccco3)nn12. The smallest absolute Gasteiger partial charge is 0.343 e. The second-order valence-electron chi connectivity index (χ2n) is 5.82. The lowest BCUT2D eigenvalue weighted by atomic mass is 10.2. The Balaban J connectivity index is 1.62. The molecule has 9 heteroatoms. The van der Waals surface area contributed by atoms with E-state index in [9.17, 15) is 4.79 Å². The Kier molecular flexibility index (Phi) is 4.63. The summed E-state index contributed by atoms with van der Waals surface area (Å²) in [6.45, 7) is 0.113. The molecule has 0 atom stereocenters. The minimum atomic E-state index is -0.547. The second-order valence-corrected chi connectivity index (χ2v) is 5.82. The van der Waals surface area contributed by atoms with Gasteiger partial charge in [-0.15, -0.1) is 5.10 Å². The molecule has 1 N–H and O–H groups in total. The summed E-state index contributed by atoms with van der Waals surface area (Å²) in [7, 11) is 3.30. The minimum absolute atomic E-state index is 0.113. The van der Waals surface area contributed by atoms with Crippen LogP contribution in [0.15, 0.2) is 53.3 Å². The van der Waals surface area contributed by atoms with E-state index in [-0.39, 0.29) is 12.2 Å². The molecule has 0 bridgehead atoms. The summed E-state index contributed by atoms with van der Waals surface area (Å²) < 4.78 is 17.3. The van der Waals surface area contributed by atoms with E-state index in [1.165, 1.54) is 17.0 Å². The van der Waals surface area contributed by atoms with Gasteiger partial charge in [0.05, 0.1) is 13.4 Å². The van der Waals surface area contributed by atoms with E-state index >= 15 is 0 Å². The van der Waals surface area contributed by atoms with Crippen LogP contribution in [0.4, 0.5) is 5.95 Å². The van der Waals surface area contributed by atoms with Crippen LogP contribution in [-0.4, -0.2) is 39.7 Å². The van der Waals surface area contributed by atoms with Crippen LogP contribution < -0.4 is 10.1 Å². The molecule has 28 heavy (non-hydrogen) atoms. The van der Waals surface area contributed by atoms with Crippen molar-refractivity contribution in [3.05, 3.63) is 60.0 Å². The lowest BCUT2D eigenvalue weighted by molar-refractivity contribution is 0.0474. The Hall–Kier alpha value is -3.88. The fraction of sp³-hybridized carbons (Fsp3) is 0.158. The van der Waals surface area contributed by atoms with Crippen molar-refractivity contribution in [1.29, 1.82) is 0 Å². The fourth-order valence-corrected chi connectivity index (χ4v) is 2.65. The average Bonchev–Trinajstić information content (AvgIpc) is 3.41. The standard InChI is InChI=1S/C19H17N5O4/c1-20-19-21-10-14(17-22-16(23-24(17)19)15-4-3-9-27-15)18(25)28-11-12-5-7-13(26-2)8-6-12/h3-10H,11H2,1-2H3,(H,20,21). The van der Waals surface area contributed by atoms with E-state index in [0.717, 1.165) is 11.3 Å². The summed E-state index contributed by atoms with van der Waals surface area (Å²) in [4.78, 5) is 21.3. The van der Waals surface area contributed by atoms with Crippen LogP contribution in [0.2, 0.25) is 0 Å². The zero-order chi connectivity index (χ0) is 19.5. The van der Waals surface area contributed by atoms with Crippen molar-refractivity contribution in [3.8, 4) is 17.3 Å². The molecule has 0 fully saturated rings. The molecule has 1 aromatic carbocycles. The molecule has 0 saturated carbocycles.